The van der Waals surface area contributed by atoms with Crippen LogP contribution in [0.1, 0.15) is 30.0 Å². The quantitative estimate of drug-likeness (QED) is 0.707. The van der Waals surface area contributed by atoms with Gasteiger partial charge in [-0.15, -0.1) is 0 Å². The van der Waals surface area contributed by atoms with Gasteiger partial charge >= 0.3 is 5.97 Å². The molecule has 2 heterocycles. The zero-order valence-corrected chi connectivity index (χ0v) is 17.7. The molecule has 0 bridgehead atoms. The van der Waals surface area contributed by atoms with Crippen LogP contribution in [0.2, 0.25) is 0 Å². The van der Waals surface area contributed by atoms with Crippen LogP contribution in [-0.2, 0) is 4.79 Å². The summed E-state index contributed by atoms with van der Waals surface area (Å²) in [5.74, 6) is -3.31. The number of ether oxygens (including phenoxy) is 3. The summed E-state index contributed by atoms with van der Waals surface area (Å²) in [4.78, 5) is 14.5. The number of hydrogen-bond donors (Lipinski definition) is 1. The second kappa shape index (κ2) is 7.78. The average Bonchev–Trinajstić information content (AvgIpc) is 3.35. The van der Waals surface area contributed by atoms with Gasteiger partial charge in [-0.05, 0) is 42.3 Å². The number of likely N-dealkylation sites (tertiary alicyclic amines) is 1. The second-order valence-electron chi connectivity index (χ2n) is 8.39. The second-order valence-corrected chi connectivity index (χ2v) is 8.39. The maximum Gasteiger partial charge on any atom is 0.309 e. The molecule has 0 radical (unpaired) electrons. The summed E-state index contributed by atoms with van der Waals surface area (Å²) in [5, 5.41) is 10.2. The average molecular weight is 443 g/mol. The van der Waals surface area contributed by atoms with Crippen molar-refractivity contribution in [3.05, 3.63) is 64.7 Å². The van der Waals surface area contributed by atoms with Gasteiger partial charge in [0, 0.05) is 24.5 Å². The van der Waals surface area contributed by atoms with Crippen molar-refractivity contribution in [1.29, 1.82) is 0 Å². The first-order chi connectivity index (χ1) is 15.4. The summed E-state index contributed by atoms with van der Waals surface area (Å²) in [6.07, 6.45) is 2.02. The van der Waals surface area contributed by atoms with Crippen molar-refractivity contribution in [2.24, 2.45) is 5.92 Å². The summed E-state index contributed by atoms with van der Waals surface area (Å²) in [6, 6.07) is 7.07. The molecular weight excluding hydrogens is 420 g/mol. The van der Waals surface area contributed by atoms with E-state index in [-0.39, 0.29) is 11.6 Å². The lowest BCUT2D eigenvalue weighted by Gasteiger charge is -2.28. The molecule has 32 heavy (non-hydrogen) atoms. The van der Waals surface area contributed by atoms with Crippen molar-refractivity contribution in [3.63, 3.8) is 0 Å². The van der Waals surface area contributed by atoms with Crippen molar-refractivity contribution in [2.45, 2.75) is 24.9 Å². The largest absolute Gasteiger partial charge is 0.491 e. The molecule has 8 heteroatoms. The van der Waals surface area contributed by atoms with E-state index in [2.05, 4.69) is 0 Å². The molecule has 4 atom stereocenters. The van der Waals surface area contributed by atoms with Crippen LogP contribution >= 0.6 is 0 Å². The minimum atomic E-state index is -1.02. The van der Waals surface area contributed by atoms with E-state index < -0.39 is 41.2 Å². The normalized spacial score (nSPS) is 26.6. The molecule has 0 aromatic heterocycles. The first-order valence-corrected chi connectivity index (χ1v) is 10.5. The van der Waals surface area contributed by atoms with E-state index >= 15 is 0 Å². The van der Waals surface area contributed by atoms with Crippen molar-refractivity contribution in [3.8, 4) is 17.2 Å². The minimum Gasteiger partial charge on any atom is -0.491 e. The summed E-state index contributed by atoms with van der Waals surface area (Å²) in [7, 11) is 1.19. The Morgan fingerprint density at radius 2 is 1.75 bits per heavy atom. The van der Waals surface area contributed by atoms with Crippen LogP contribution in [-0.4, -0.2) is 48.9 Å². The maximum absolute atomic E-state index is 14.5. The summed E-state index contributed by atoms with van der Waals surface area (Å²) >= 11 is 0. The highest BCUT2D eigenvalue weighted by atomic mass is 19.1. The third-order valence-electron chi connectivity index (χ3n) is 6.52. The van der Waals surface area contributed by atoms with Gasteiger partial charge in [-0.3, -0.25) is 9.69 Å². The Morgan fingerprint density at radius 3 is 2.34 bits per heavy atom. The number of rotatable bonds is 5. The molecule has 1 N–H and O–H groups in total. The number of fused-ring (bicyclic) bond motifs is 1. The first kappa shape index (κ1) is 20.8. The number of methoxy groups -OCH3 is 1. The monoisotopic (exact) mass is 443 g/mol. The predicted octanol–water partition coefficient (Wildman–Crippen LogP) is 3.91. The summed E-state index contributed by atoms with van der Waals surface area (Å²) in [6.45, 7) is 3.28. The van der Waals surface area contributed by atoms with Gasteiger partial charge in [-0.2, -0.15) is 0 Å². The third kappa shape index (κ3) is 3.39. The van der Waals surface area contributed by atoms with Crippen LogP contribution < -0.4 is 14.2 Å². The molecule has 0 spiro atoms. The SMILES string of the molecule is COc1c(F)cc([C@H]2[C@H](C(=O)O)C(c3ccc4c(c3)OCCO4)CN2C2C=C2C)cc1F. The van der Waals surface area contributed by atoms with Gasteiger partial charge < -0.3 is 19.3 Å². The number of halogens is 2. The molecule has 2 aromatic carbocycles. The lowest BCUT2D eigenvalue weighted by atomic mass is 9.82. The van der Waals surface area contributed by atoms with Gasteiger partial charge in [0.25, 0.3) is 0 Å². The Morgan fingerprint density at radius 1 is 1.09 bits per heavy atom. The third-order valence-corrected chi connectivity index (χ3v) is 6.52. The zero-order chi connectivity index (χ0) is 22.6. The molecule has 2 aliphatic heterocycles. The molecule has 168 valence electrons. The highest BCUT2D eigenvalue weighted by Gasteiger charge is 2.51. The molecule has 6 nitrogen and oxygen atoms in total. The Kier molecular flexibility index (Phi) is 5.04. The fourth-order valence-electron chi connectivity index (χ4n) is 4.98. The van der Waals surface area contributed by atoms with Crippen molar-refractivity contribution < 1.29 is 32.9 Å². The number of hydrogen-bond acceptors (Lipinski definition) is 5. The fraction of sp³-hybridized carbons (Fsp3) is 0.375. The van der Waals surface area contributed by atoms with Crippen molar-refractivity contribution >= 4 is 5.97 Å². The molecule has 0 saturated carbocycles. The van der Waals surface area contributed by atoms with Gasteiger partial charge in [0.2, 0.25) is 0 Å². The Bertz CT molecular complexity index is 1090. The fourth-order valence-corrected chi connectivity index (χ4v) is 4.98. The number of carboxylic acid groups (broad SMARTS) is 1. The van der Waals surface area contributed by atoms with E-state index in [1.54, 1.807) is 6.07 Å². The highest BCUT2D eigenvalue weighted by Crippen LogP contribution is 2.51. The number of carbonyl (C=O) groups is 1. The molecule has 2 unspecified atom stereocenters. The van der Waals surface area contributed by atoms with Crippen LogP contribution in [0, 0.1) is 17.6 Å². The van der Waals surface area contributed by atoms with Crippen LogP contribution in [0.15, 0.2) is 42.0 Å². The predicted molar refractivity (Wildman–Crippen MR) is 111 cm³/mol. The number of aliphatic carboxylic acids is 1. The van der Waals surface area contributed by atoms with Crippen LogP contribution in [0.3, 0.4) is 0 Å². The molecule has 2 aromatic rings. The van der Waals surface area contributed by atoms with E-state index in [1.165, 1.54) is 19.2 Å². The van der Waals surface area contributed by atoms with Gasteiger partial charge in [-0.1, -0.05) is 17.7 Å². The first-order valence-electron chi connectivity index (χ1n) is 10.5. The van der Waals surface area contributed by atoms with Gasteiger partial charge in [0.1, 0.15) is 13.2 Å². The van der Waals surface area contributed by atoms with Crippen molar-refractivity contribution in [2.75, 3.05) is 26.9 Å². The molecule has 3 aliphatic rings. The Labute approximate surface area is 184 Å². The number of carboxylic acids is 1. The number of nitrogens with zero attached hydrogens (tertiary/aromatic N) is 1. The Hall–Kier alpha value is -3.13. The summed E-state index contributed by atoms with van der Waals surface area (Å²) in [5.41, 5.74) is 2.18. The number of benzene rings is 2. The lowest BCUT2D eigenvalue weighted by Crippen LogP contribution is -2.31. The topological polar surface area (TPSA) is 68.2 Å². The Balaban J connectivity index is 1.58. The van der Waals surface area contributed by atoms with E-state index in [9.17, 15) is 18.7 Å². The molecule has 1 aliphatic carbocycles. The molecule has 1 fully saturated rings. The smallest absolute Gasteiger partial charge is 0.309 e. The molecule has 1 saturated heterocycles. The van der Waals surface area contributed by atoms with E-state index in [0.29, 0.717) is 31.3 Å². The summed E-state index contributed by atoms with van der Waals surface area (Å²) < 4.78 is 45.2. The van der Waals surface area contributed by atoms with Crippen LogP contribution in [0.4, 0.5) is 8.78 Å². The highest BCUT2D eigenvalue weighted by molar-refractivity contribution is 5.74. The van der Waals surface area contributed by atoms with Gasteiger partial charge in [0.15, 0.2) is 28.9 Å². The lowest BCUT2D eigenvalue weighted by molar-refractivity contribution is -0.143. The van der Waals surface area contributed by atoms with Crippen molar-refractivity contribution in [1.82, 2.24) is 4.90 Å². The minimum absolute atomic E-state index is 0.0303. The molecule has 0 amide bonds. The van der Waals surface area contributed by atoms with E-state index in [4.69, 9.17) is 14.2 Å². The van der Waals surface area contributed by atoms with E-state index in [1.807, 2.05) is 30.0 Å². The molecular formula is C24H23F2NO5. The molecule has 5 rings (SSSR count). The van der Waals surface area contributed by atoms with Gasteiger partial charge in [-0.25, -0.2) is 8.78 Å². The van der Waals surface area contributed by atoms with Crippen LogP contribution in [0.5, 0.6) is 17.2 Å². The maximum atomic E-state index is 14.5. The zero-order valence-electron chi connectivity index (χ0n) is 17.7. The standard InChI is InChI=1S/C24H23F2NO5/c1-12-7-18(12)27-11-15(13-3-4-19-20(10-13)32-6-5-31-19)21(24(28)29)22(27)14-8-16(25)23(30-2)17(26)9-14/h3-4,7-10,15,18,21-22H,5-6,11H2,1-2H3,(H,28,29)/t15?,18?,21-,22+/m1/s1. The van der Waals surface area contributed by atoms with Crippen LogP contribution in [0.25, 0.3) is 0 Å². The van der Waals surface area contributed by atoms with E-state index in [0.717, 1.165) is 11.1 Å². The van der Waals surface area contributed by atoms with Gasteiger partial charge in [0.05, 0.1) is 13.0 Å².